The number of hydrogen-bond donors (Lipinski definition) is 2. The normalized spacial score (nSPS) is 11.4. The van der Waals surface area contributed by atoms with Crippen molar-refractivity contribution in [2.45, 2.75) is 58.3 Å². The van der Waals surface area contributed by atoms with E-state index >= 15 is 0 Å². The Kier molecular flexibility index (Phi) is 6.73. The van der Waals surface area contributed by atoms with Gasteiger partial charge < -0.3 is 11.1 Å². The SMILES string of the molecule is CCCCCCC(=O)Nc1ccc(C(C)(C)CN)cc1. The van der Waals surface area contributed by atoms with Crippen LogP contribution in [0, 0.1) is 0 Å². The molecular formula is C17H28N2O. The third-order valence-corrected chi connectivity index (χ3v) is 3.72. The summed E-state index contributed by atoms with van der Waals surface area (Å²) in [6.07, 6.45) is 5.11. The molecule has 1 aromatic carbocycles. The fourth-order valence-electron chi connectivity index (χ4n) is 2.06. The molecule has 0 saturated heterocycles. The number of nitrogens with two attached hydrogens (primary N) is 1. The highest BCUT2D eigenvalue weighted by Crippen LogP contribution is 2.23. The fraction of sp³-hybridized carbons (Fsp3) is 0.588. The Bertz CT molecular complexity index is 410. The van der Waals surface area contributed by atoms with Gasteiger partial charge in [-0.25, -0.2) is 0 Å². The summed E-state index contributed by atoms with van der Waals surface area (Å²) in [5, 5.41) is 2.95. The van der Waals surface area contributed by atoms with Gasteiger partial charge in [0.05, 0.1) is 0 Å². The third-order valence-electron chi connectivity index (χ3n) is 3.72. The maximum atomic E-state index is 11.8. The van der Waals surface area contributed by atoms with Crippen molar-refractivity contribution in [2.75, 3.05) is 11.9 Å². The van der Waals surface area contributed by atoms with Gasteiger partial charge in [0.25, 0.3) is 0 Å². The first-order valence-electron chi connectivity index (χ1n) is 7.60. The third kappa shape index (κ3) is 5.33. The largest absolute Gasteiger partial charge is 0.330 e. The van der Waals surface area contributed by atoms with Crippen LogP contribution in [0.25, 0.3) is 0 Å². The number of rotatable bonds is 8. The van der Waals surface area contributed by atoms with E-state index in [4.69, 9.17) is 5.73 Å². The van der Waals surface area contributed by atoms with Crippen LogP contribution in [-0.4, -0.2) is 12.5 Å². The highest BCUT2D eigenvalue weighted by Gasteiger charge is 2.17. The number of amides is 1. The van der Waals surface area contributed by atoms with E-state index in [0.29, 0.717) is 13.0 Å². The molecule has 0 fully saturated rings. The second-order valence-electron chi connectivity index (χ2n) is 6.02. The van der Waals surface area contributed by atoms with Gasteiger partial charge in [-0.3, -0.25) is 4.79 Å². The van der Waals surface area contributed by atoms with E-state index in [1.807, 2.05) is 24.3 Å². The van der Waals surface area contributed by atoms with E-state index in [0.717, 1.165) is 18.5 Å². The van der Waals surface area contributed by atoms with E-state index in [-0.39, 0.29) is 11.3 Å². The monoisotopic (exact) mass is 276 g/mol. The maximum absolute atomic E-state index is 11.8. The molecule has 0 aliphatic heterocycles. The van der Waals surface area contributed by atoms with Crippen LogP contribution in [0.5, 0.6) is 0 Å². The van der Waals surface area contributed by atoms with Gasteiger partial charge in [0.1, 0.15) is 0 Å². The van der Waals surface area contributed by atoms with Crippen LogP contribution in [-0.2, 0) is 10.2 Å². The average molecular weight is 276 g/mol. The van der Waals surface area contributed by atoms with Gasteiger partial charge in [0.15, 0.2) is 0 Å². The molecule has 0 aromatic heterocycles. The Hall–Kier alpha value is -1.35. The van der Waals surface area contributed by atoms with Crippen LogP contribution >= 0.6 is 0 Å². The Morgan fingerprint density at radius 3 is 2.35 bits per heavy atom. The molecule has 0 aliphatic carbocycles. The van der Waals surface area contributed by atoms with Crippen LogP contribution in [0.15, 0.2) is 24.3 Å². The number of hydrogen-bond acceptors (Lipinski definition) is 2. The first-order chi connectivity index (χ1) is 9.49. The highest BCUT2D eigenvalue weighted by molar-refractivity contribution is 5.90. The van der Waals surface area contributed by atoms with Crippen LogP contribution in [0.4, 0.5) is 5.69 Å². The van der Waals surface area contributed by atoms with Gasteiger partial charge in [-0.1, -0.05) is 52.2 Å². The number of nitrogens with one attached hydrogen (secondary N) is 1. The molecule has 0 heterocycles. The Morgan fingerprint density at radius 1 is 1.15 bits per heavy atom. The minimum absolute atomic E-state index is 0.0251. The molecular weight excluding hydrogens is 248 g/mol. The van der Waals surface area contributed by atoms with Crippen molar-refractivity contribution < 1.29 is 4.79 Å². The van der Waals surface area contributed by atoms with Crippen molar-refractivity contribution in [2.24, 2.45) is 5.73 Å². The van der Waals surface area contributed by atoms with Gasteiger partial charge in [-0.05, 0) is 24.1 Å². The minimum Gasteiger partial charge on any atom is -0.330 e. The molecule has 0 saturated carbocycles. The van der Waals surface area contributed by atoms with E-state index < -0.39 is 0 Å². The zero-order valence-electron chi connectivity index (χ0n) is 13.0. The predicted molar refractivity (Wildman–Crippen MR) is 85.9 cm³/mol. The molecule has 20 heavy (non-hydrogen) atoms. The summed E-state index contributed by atoms with van der Waals surface area (Å²) in [6.45, 7) is 7.02. The van der Waals surface area contributed by atoms with Crippen molar-refractivity contribution in [3.05, 3.63) is 29.8 Å². The average Bonchev–Trinajstić information content (AvgIpc) is 2.44. The molecule has 0 aliphatic rings. The van der Waals surface area contributed by atoms with E-state index in [1.54, 1.807) is 0 Å². The molecule has 0 unspecified atom stereocenters. The Morgan fingerprint density at radius 2 is 1.80 bits per heavy atom. The van der Waals surface area contributed by atoms with Crippen LogP contribution in [0.2, 0.25) is 0 Å². The van der Waals surface area contributed by atoms with Gasteiger partial charge in [0, 0.05) is 24.1 Å². The van der Waals surface area contributed by atoms with Crippen molar-refractivity contribution in [3.8, 4) is 0 Å². The topological polar surface area (TPSA) is 55.1 Å². The molecule has 0 spiro atoms. The molecule has 0 atom stereocenters. The van der Waals surface area contributed by atoms with Crippen molar-refractivity contribution in [1.29, 1.82) is 0 Å². The molecule has 3 heteroatoms. The van der Waals surface area contributed by atoms with Gasteiger partial charge in [0.2, 0.25) is 5.91 Å². The number of carbonyl (C=O) groups is 1. The van der Waals surface area contributed by atoms with Crippen molar-refractivity contribution in [1.82, 2.24) is 0 Å². The quantitative estimate of drug-likeness (QED) is 0.709. The van der Waals surface area contributed by atoms with Crippen LogP contribution in [0.3, 0.4) is 0 Å². The summed E-state index contributed by atoms with van der Waals surface area (Å²) in [7, 11) is 0. The lowest BCUT2D eigenvalue weighted by molar-refractivity contribution is -0.116. The summed E-state index contributed by atoms with van der Waals surface area (Å²) in [5.74, 6) is 0.104. The number of unbranched alkanes of at least 4 members (excludes halogenated alkanes) is 3. The van der Waals surface area contributed by atoms with Crippen molar-refractivity contribution >= 4 is 11.6 Å². The zero-order valence-corrected chi connectivity index (χ0v) is 13.0. The standard InChI is InChI=1S/C17H28N2O/c1-4-5-6-7-8-16(20)19-15-11-9-14(10-12-15)17(2,3)13-18/h9-12H,4-8,13,18H2,1-3H3,(H,19,20). The van der Waals surface area contributed by atoms with Gasteiger partial charge in [-0.2, -0.15) is 0 Å². The van der Waals surface area contributed by atoms with E-state index in [2.05, 4.69) is 26.1 Å². The molecule has 0 radical (unpaired) electrons. The highest BCUT2D eigenvalue weighted by atomic mass is 16.1. The van der Waals surface area contributed by atoms with Gasteiger partial charge >= 0.3 is 0 Å². The molecule has 1 amide bonds. The zero-order chi connectivity index (χ0) is 15.0. The second-order valence-corrected chi connectivity index (χ2v) is 6.02. The minimum atomic E-state index is -0.0251. The first kappa shape index (κ1) is 16.7. The van der Waals surface area contributed by atoms with Crippen LogP contribution in [0.1, 0.15) is 58.4 Å². The summed E-state index contributed by atoms with van der Waals surface area (Å²) < 4.78 is 0. The summed E-state index contributed by atoms with van der Waals surface area (Å²) >= 11 is 0. The number of anilines is 1. The predicted octanol–water partition coefficient (Wildman–Crippen LogP) is 3.83. The lowest BCUT2D eigenvalue weighted by atomic mass is 9.85. The van der Waals surface area contributed by atoms with Gasteiger partial charge in [-0.15, -0.1) is 0 Å². The summed E-state index contributed by atoms with van der Waals surface area (Å²) in [5.41, 5.74) is 7.80. The van der Waals surface area contributed by atoms with Crippen LogP contribution < -0.4 is 11.1 Å². The molecule has 1 aromatic rings. The lowest BCUT2D eigenvalue weighted by Crippen LogP contribution is -2.27. The first-order valence-corrected chi connectivity index (χ1v) is 7.60. The fourth-order valence-corrected chi connectivity index (χ4v) is 2.06. The second kappa shape index (κ2) is 8.05. The molecule has 3 nitrogen and oxygen atoms in total. The molecule has 1 rings (SSSR count). The van der Waals surface area contributed by atoms with E-state index in [9.17, 15) is 4.79 Å². The van der Waals surface area contributed by atoms with E-state index in [1.165, 1.54) is 18.4 Å². The lowest BCUT2D eigenvalue weighted by Gasteiger charge is -2.23. The summed E-state index contributed by atoms with van der Waals surface area (Å²) in [6, 6.07) is 7.99. The Balaban J connectivity index is 2.47. The molecule has 112 valence electrons. The number of carbonyl (C=O) groups excluding carboxylic acids is 1. The Labute approximate surface area is 122 Å². The smallest absolute Gasteiger partial charge is 0.224 e. The molecule has 3 N–H and O–H groups in total. The molecule has 0 bridgehead atoms. The maximum Gasteiger partial charge on any atom is 0.224 e. The summed E-state index contributed by atoms with van der Waals surface area (Å²) in [4.78, 5) is 11.8. The van der Waals surface area contributed by atoms with Crippen molar-refractivity contribution in [3.63, 3.8) is 0 Å². The number of benzene rings is 1.